The Kier molecular flexibility index (Phi) is 4.22. The fourth-order valence-corrected chi connectivity index (χ4v) is 3.34. The number of hydrogen-bond donors (Lipinski definition) is 2. The first-order chi connectivity index (χ1) is 10.6. The molecule has 0 aromatic carbocycles. The second-order valence-corrected chi connectivity index (χ2v) is 6.19. The van der Waals surface area contributed by atoms with Crippen LogP contribution in [0.15, 0.2) is 30.6 Å². The molecule has 1 unspecified atom stereocenters. The van der Waals surface area contributed by atoms with Crippen LogP contribution in [-0.2, 0) is 0 Å². The van der Waals surface area contributed by atoms with Crippen molar-refractivity contribution in [3.8, 4) is 0 Å². The number of aromatic carboxylic acids is 1. The maximum absolute atomic E-state index is 11.1. The summed E-state index contributed by atoms with van der Waals surface area (Å²) < 4.78 is 0. The lowest BCUT2D eigenvalue weighted by Crippen LogP contribution is -2.34. The molecule has 1 aromatic rings. The topological polar surface area (TPSA) is 75.1 Å². The van der Waals surface area contributed by atoms with Crippen molar-refractivity contribution in [2.45, 2.75) is 26.2 Å². The number of nitrogens with one attached hydrogen (secondary N) is 1. The summed E-state index contributed by atoms with van der Waals surface area (Å²) >= 11 is 0. The van der Waals surface area contributed by atoms with Gasteiger partial charge in [-0.15, -0.1) is 0 Å². The van der Waals surface area contributed by atoms with Crippen LogP contribution in [0.5, 0.6) is 0 Å². The Morgan fingerprint density at radius 2 is 2.18 bits per heavy atom. The largest absolute Gasteiger partial charge is 0.476 e. The molecule has 22 heavy (non-hydrogen) atoms. The van der Waals surface area contributed by atoms with Gasteiger partial charge in [-0.25, -0.2) is 14.8 Å². The minimum absolute atomic E-state index is 0.0723. The zero-order chi connectivity index (χ0) is 15.5. The summed E-state index contributed by atoms with van der Waals surface area (Å²) in [5.41, 5.74) is 0.675. The molecule has 0 saturated heterocycles. The third-order valence-electron chi connectivity index (χ3n) is 4.74. The van der Waals surface area contributed by atoms with Gasteiger partial charge in [0.15, 0.2) is 5.69 Å². The molecule has 2 aliphatic carbocycles. The van der Waals surface area contributed by atoms with Crippen LogP contribution < -0.4 is 5.32 Å². The average molecular weight is 299 g/mol. The molecule has 5 nitrogen and oxygen atoms in total. The van der Waals surface area contributed by atoms with E-state index in [1.54, 1.807) is 6.92 Å². The number of aromatic nitrogens is 2. The minimum atomic E-state index is -1.01. The Morgan fingerprint density at radius 3 is 2.86 bits per heavy atom. The van der Waals surface area contributed by atoms with Gasteiger partial charge in [0.2, 0.25) is 0 Å². The summed E-state index contributed by atoms with van der Waals surface area (Å²) in [6, 6.07) is 0. The van der Waals surface area contributed by atoms with Gasteiger partial charge >= 0.3 is 5.97 Å². The predicted octanol–water partition coefficient (Wildman–Crippen LogP) is 3.05. The lowest BCUT2D eigenvalue weighted by atomic mass is 9.67. The molecule has 0 amide bonds. The molecule has 0 radical (unpaired) electrons. The number of rotatable bonds is 5. The van der Waals surface area contributed by atoms with Crippen molar-refractivity contribution in [3.05, 3.63) is 41.9 Å². The molecular formula is C17H21N3O2. The van der Waals surface area contributed by atoms with Gasteiger partial charge in [0.05, 0.1) is 0 Å². The molecule has 116 valence electrons. The standard InChI is InChI=1S/C17H21N3O2/c1-11-15(17(21)22)19-10-20-16(11)18-9-12-7-14(8-12)13-5-3-2-4-6-13/h2-5,10,12-14H,6-9H2,1H3,(H,21,22)(H,18,19,20). The summed E-state index contributed by atoms with van der Waals surface area (Å²) in [5.74, 6) is 1.75. The Morgan fingerprint density at radius 1 is 1.36 bits per heavy atom. The first-order valence-electron chi connectivity index (χ1n) is 7.77. The van der Waals surface area contributed by atoms with Crippen molar-refractivity contribution < 1.29 is 9.90 Å². The summed E-state index contributed by atoms with van der Waals surface area (Å²) in [6.45, 7) is 2.59. The SMILES string of the molecule is Cc1c(NCC2CC(C3C=CC=CC3)C2)ncnc1C(=O)O. The van der Waals surface area contributed by atoms with E-state index in [4.69, 9.17) is 5.11 Å². The third kappa shape index (κ3) is 3.03. The summed E-state index contributed by atoms with van der Waals surface area (Å²) in [6.07, 6.45) is 13.8. The minimum Gasteiger partial charge on any atom is -0.476 e. The first kappa shape index (κ1) is 14.8. The predicted molar refractivity (Wildman–Crippen MR) is 84.8 cm³/mol. The van der Waals surface area contributed by atoms with Gasteiger partial charge in [-0.2, -0.15) is 0 Å². The fourth-order valence-electron chi connectivity index (χ4n) is 3.34. The highest BCUT2D eigenvalue weighted by Crippen LogP contribution is 2.41. The van der Waals surface area contributed by atoms with Gasteiger partial charge in [0, 0.05) is 12.1 Å². The van der Waals surface area contributed by atoms with Crippen LogP contribution in [0.4, 0.5) is 5.82 Å². The van der Waals surface area contributed by atoms with E-state index in [-0.39, 0.29) is 5.69 Å². The van der Waals surface area contributed by atoms with Gasteiger partial charge < -0.3 is 10.4 Å². The molecule has 0 bridgehead atoms. The van der Waals surface area contributed by atoms with Gasteiger partial charge in [0.1, 0.15) is 12.1 Å². The molecule has 2 aliphatic rings. The van der Waals surface area contributed by atoms with E-state index < -0.39 is 5.97 Å². The van der Waals surface area contributed by atoms with Crippen LogP contribution in [0.2, 0.25) is 0 Å². The van der Waals surface area contributed by atoms with Crippen molar-refractivity contribution in [1.82, 2.24) is 9.97 Å². The van der Waals surface area contributed by atoms with Gasteiger partial charge in [-0.1, -0.05) is 24.3 Å². The van der Waals surface area contributed by atoms with E-state index in [1.807, 2.05) is 0 Å². The molecule has 0 aliphatic heterocycles. The van der Waals surface area contributed by atoms with Crippen LogP contribution in [0, 0.1) is 24.7 Å². The highest BCUT2D eigenvalue weighted by atomic mass is 16.4. The van der Waals surface area contributed by atoms with Crippen molar-refractivity contribution in [2.75, 3.05) is 11.9 Å². The summed E-state index contributed by atoms with van der Waals surface area (Å²) in [5, 5.41) is 12.4. The number of allylic oxidation sites excluding steroid dienone is 4. The highest BCUT2D eigenvalue weighted by molar-refractivity contribution is 5.88. The van der Waals surface area contributed by atoms with Crippen molar-refractivity contribution >= 4 is 11.8 Å². The zero-order valence-electron chi connectivity index (χ0n) is 12.7. The van der Waals surface area contributed by atoms with E-state index >= 15 is 0 Å². The number of hydrogen-bond acceptors (Lipinski definition) is 4. The monoisotopic (exact) mass is 299 g/mol. The van der Waals surface area contributed by atoms with Gasteiger partial charge in [-0.3, -0.25) is 0 Å². The molecule has 1 saturated carbocycles. The van der Waals surface area contributed by atoms with Crippen LogP contribution in [0.25, 0.3) is 0 Å². The smallest absolute Gasteiger partial charge is 0.354 e. The summed E-state index contributed by atoms with van der Waals surface area (Å²) in [4.78, 5) is 19.0. The Balaban J connectivity index is 1.50. The second kappa shape index (κ2) is 6.30. The molecule has 0 spiro atoms. The maximum atomic E-state index is 11.1. The van der Waals surface area contributed by atoms with Gasteiger partial charge in [-0.05, 0) is 43.9 Å². The number of nitrogens with zero attached hydrogens (tertiary/aromatic N) is 2. The highest BCUT2D eigenvalue weighted by Gasteiger charge is 2.33. The molecule has 1 heterocycles. The third-order valence-corrected chi connectivity index (χ3v) is 4.74. The summed E-state index contributed by atoms with van der Waals surface area (Å²) in [7, 11) is 0. The van der Waals surface area contributed by atoms with E-state index in [9.17, 15) is 4.79 Å². The molecule has 1 atom stereocenters. The van der Waals surface area contributed by atoms with Crippen molar-refractivity contribution in [3.63, 3.8) is 0 Å². The van der Waals surface area contributed by atoms with E-state index in [0.29, 0.717) is 23.2 Å². The molecule has 1 aromatic heterocycles. The van der Waals surface area contributed by atoms with Gasteiger partial charge in [0.25, 0.3) is 0 Å². The van der Waals surface area contributed by atoms with Crippen LogP contribution in [-0.4, -0.2) is 27.6 Å². The van der Waals surface area contributed by atoms with E-state index in [2.05, 4.69) is 39.6 Å². The van der Waals surface area contributed by atoms with E-state index in [0.717, 1.165) is 18.9 Å². The molecule has 5 heteroatoms. The van der Waals surface area contributed by atoms with Crippen molar-refractivity contribution in [2.24, 2.45) is 17.8 Å². The van der Waals surface area contributed by atoms with E-state index in [1.165, 1.54) is 19.2 Å². The Bertz CT molecular complexity index is 618. The van der Waals surface area contributed by atoms with Crippen LogP contribution >= 0.6 is 0 Å². The Hall–Kier alpha value is -2.17. The number of carboxylic acid groups (broad SMARTS) is 1. The zero-order valence-corrected chi connectivity index (χ0v) is 12.7. The first-order valence-corrected chi connectivity index (χ1v) is 7.77. The fraction of sp³-hybridized carbons (Fsp3) is 0.471. The average Bonchev–Trinajstić information content (AvgIpc) is 2.48. The van der Waals surface area contributed by atoms with Crippen LogP contribution in [0.1, 0.15) is 35.3 Å². The number of carbonyl (C=O) groups is 1. The van der Waals surface area contributed by atoms with Crippen LogP contribution in [0.3, 0.4) is 0 Å². The normalized spacial score (nSPS) is 26.5. The van der Waals surface area contributed by atoms with Crippen molar-refractivity contribution in [1.29, 1.82) is 0 Å². The number of carboxylic acids is 1. The maximum Gasteiger partial charge on any atom is 0.354 e. The second-order valence-electron chi connectivity index (χ2n) is 6.19. The Labute approximate surface area is 130 Å². The molecule has 3 rings (SSSR count). The molecule has 2 N–H and O–H groups in total. The quantitative estimate of drug-likeness (QED) is 0.874. The lowest BCUT2D eigenvalue weighted by molar-refractivity contribution is 0.0689. The molecule has 1 fully saturated rings. The molecular weight excluding hydrogens is 278 g/mol. The number of anilines is 1. The lowest BCUT2D eigenvalue weighted by Gasteiger charge is -2.40.